The fourth-order valence-corrected chi connectivity index (χ4v) is 4.16. The summed E-state index contributed by atoms with van der Waals surface area (Å²) in [6, 6.07) is 24.1. The Morgan fingerprint density at radius 3 is 2.52 bits per heavy atom. The molecule has 0 aliphatic heterocycles. The molecule has 3 heterocycles. The molecule has 0 atom stereocenters. The highest BCUT2D eigenvalue weighted by molar-refractivity contribution is 7.98. The summed E-state index contributed by atoms with van der Waals surface area (Å²) >= 11 is 1.56. The zero-order valence-corrected chi connectivity index (χ0v) is 17.7. The normalized spacial score (nSPS) is 11.0. The Kier molecular flexibility index (Phi) is 5.33. The average Bonchev–Trinajstić information content (AvgIpc) is 3.46. The van der Waals surface area contributed by atoms with E-state index in [0.29, 0.717) is 5.75 Å². The molecular weight excluding hydrogens is 406 g/mol. The number of aromatic nitrogens is 5. The Morgan fingerprint density at radius 1 is 0.903 bits per heavy atom. The van der Waals surface area contributed by atoms with Crippen LogP contribution in [0.25, 0.3) is 28.3 Å². The van der Waals surface area contributed by atoms with Gasteiger partial charge in [0, 0.05) is 29.6 Å². The van der Waals surface area contributed by atoms with Crippen molar-refractivity contribution >= 4 is 11.8 Å². The molecule has 0 fully saturated rings. The topological polar surface area (TPSA) is 69.6 Å². The molecule has 0 radical (unpaired) electrons. The second kappa shape index (κ2) is 8.57. The van der Waals surface area contributed by atoms with Crippen molar-refractivity contribution < 1.29 is 4.52 Å². The van der Waals surface area contributed by atoms with Crippen LogP contribution >= 0.6 is 11.8 Å². The molecule has 7 heteroatoms. The Balaban J connectivity index is 1.47. The third-order valence-corrected chi connectivity index (χ3v) is 5.83. The Labute approximate surface area is 184 Å². The molecule has 0 unspecified atom stereocenters. The van der Waals surface area contributed by atoms with Crippen molar-refractivity contribution in [1.29, 1.82) is 0 Å². The van der Waals surface area contributed by atoms with Gasteiger partial charge in [0.2, 0.25) is 0 Å². The van der Waals surface area contributed by atoms with Gasteiger partial charge in [0.15, 0.2) is 11.0 Å². The largest absolute Gasteiger partial charge is 0.360 e. The quantitative estimate of drug-likeness (QED) is 0.331. The SMILES string of the molecule is Cc1ccccc1-n1c(SCc2cc(-c3ccccc3)no2)nnc1-c1cccnc1. The van der Waals surface area contributed by atoms with Gasteiger partial charge in [-0.05, 0) is 30.7 Å². The lowest BCUT2D eigenvalue weighted by molar-refractivity contribution is 0.397. The summed E-state index contributed by atoms with van der Waals surface area (Å²) in [7, 11) is 0. The summed E-state index contributed by atoms with van der Waals surface area (Å²) in [5.74, 6) is 2.13. The molecule has 0 saturated heterocycles. The van der Waals surface area contributed by atoms with Crippen LogP contribution in [0.15, 0.2) is 94.9 Å². The molecule has 0 aliphatic carbocycles. The number of thioether (sulfide) groups is 1. The summed E-state index contributed by atoms with van der Waals surface area (Å²) in [6.45, 7) is 2.08. The molecule has 0 saturated carbocycles. The van der Waals surface area contributed by atoms with E-state index in [-0.39, 0.29) is 0 Å². The van der Waals surface area contributed by atoms with Gasteiger partial charge in [-0.1, -0.05) is 65.4 Å². The first-order valence-corrected chi connectivity index (χ1v) is 10.8. The second-order valence-corrected chi connectivity index (χ2v) is 7.95. The molecule has 31 heavy (non-hydrogen) atoms. The van der Waals surface area contributed by atoms with Crippen LogP contribution in [0.1, 0.15) is 11.3 Å². The van der Waals surface area contributed by atoms with Gasteiger partial charge in [0.05, 0.1) is 11.4 Å². The first-order chi connectivity index (χ1) is 15.3. The minimum atomic E-state index is 0.594. The first kappa shape index (κ1) is 19.3. The van der Waals surface area contributed by atoms with Gasteiger partial charge in [0.1, 0.15) is 11.5 Å². The number of hydrogen-bond acceptors (Lipinski definition) is 6. The molecule has 2 aromatic carbocycles. The van der Waals surface area contributed by atoms with Gasteiger partial charge >= 0.3 is 0 Å². The molecule has 0 aliphatic rings. The lowest BCUT2D eigenvalue weighted by atomic mass is 10.1. The lowest BCUT2D eigenvalue weighted by Crippen LogP contribution is -2.02. The van der Waals surface area contributed by atoms with Gasteiger partial charge < -0.3 is 4.52 Å². The number of hydrogen-bond donors (Lipinski definition) is 0. The van der Waals surface area contributed by atoms with E-state index >= 15 is 0 Å². The van der Waals surface area contributed by atoms with E-state index in [1.54, 1.807) is 24.2 Å². The summed E-state index contributed by atoms with van der Waals surface area (Å²) < 4.78 is 7.64. The molecule has 0 N–H and O–H groups in total. The Morgan fingerprint density at radius 2 is 1.71 bits per heavy atom. The second-order valence-electron chi connectivity index (χ2n) is 7.00. The number of para-hydroxylation sites is 1. The van der Waals surface area contributed by atoms with Crippen molar-refractivity contribution in [3.63, 3.8) is 0 Å². The molecule has 0 spiro atoms. The maximum Gasteiger partial charge on any atom is 0.196 e. The van der Waals surface area contributed by atoms with E-state index in [0.717, 1.165) is 44.8 Å². The van der Waals surface area contributed by atoms with Crippen molar-refractivity contribution in [2.24, 2.45) is 0 Å². The number of pyridine rings is 1. The maximum atomic E-state index is 5.56. The van der Waals surface area contributed by atoms with Crippen molar-refractivity contribution in [2.45, 2.75) is 17.8 Å². The third kappa shape index (κ3) is 4.00. The molecule has 6 nitrogen and oxygen atoms in total. The van der Waals surface area contributed by atoms with E-state index in [1.165, 1.54) is 0 Å². The molecule has 5 aromatic rings. The zero-order valence-electron chi connectivity index (χ0n) is 16.8. The fourth-order valence-electron chi connectivity index (χ4n) is 3.34. The number of aryl methyl sites for hydroxylation is 1. The molecule has 5 rings (SSSR count). The van der Waals surface area contributed by atoms with Gasteiger partial charge in [-0.15, -0.1) is 10.2 Å². The number of benzene rings is 2. The van der Waals surface area contributed by atoms with Crippen LogP contribution in [-0.4, -0.2) is 24.9 Å². The fraction of sp³-hybridized carbons (Fsp3) is 0.0833. The first-order valence-electron chi connectivity index (χ1n) is 9.85. The van der Waals surface area contributed by atoms with Crippen LogP contribution in [0.3, 0.4) is 0 Å². The van der Waals surface area contributed by atoms with Crippen LogP contribution < -0.4 is 0 Å². The highest BCUT2D eigenvalue weighted by atomic mass is 32.2. The Hall–Kier alpha value is -3.71. The summed E-state index contributed by atoms with van der Waals surface area (Å²) in [4.78, 5) is 4.24. The highest BCUT2D eigenvalue weighted by Gasteiger charge is 2.18. The minimum absolute atomic E-state index is 0.594. The summed E-state index contributed by atoms with van der Waals surface area (Å²) in [5.41, 5.74) is 4.95. The highest BCUT2D eigenvalue weighted by Crippen LogP contribution is 2.31. The van der Waals surface area contributed by atoms with Crippen LogP contribution in [0.4, 0.5) is 0 Å². The van der Waals surface area contributed by atoms with Gasteiger partial charge in [-0.2, -0.15) is 0 Å². The summed E-state index contributed by atoms with van der Waals surface area (Å²) in [5, 5.41) is 13.9. The van der Waals surface area contributed by atoms with Crippen molar-refractivity contribution in [3.8, 4) is 28.3 Å². The van der Waals surface area contributed by atoms with Crippen LogP contribution in [-0.2, 0) is 5.75 Å². The van der Waals surface area contributed by atoms with E-state index < -0.39 is 0 Å². The van der Waals surface area contributed by atoms with Crippen LogP contribution in [0.5, 0.6) is 0 Å². The summed E-state index contributed by atoms with van der Waals surface area (Å²) in [6.07, 6.45) is 3.55. The smallest absolute Gasteiger partial charge is 0.196 e. The molecule has 0 bridgehead atoms. The van der Waals surface area contributed by atoms with Crippen molar-refractivity contribution in [1.82, 2.24) is 24.9 Å². The van der Waals surface area contributed by atoms with E-state index in [4.69, 9.17) is 4.52 Å². The van der Waals surface area contributed by atoms with Crippen molar-refractivity contribution in [3.05, 3.63) is 96.5 Å². The average molecular weight is 426 g/mol. The van der Waals surface area contributed by atoms with E-state index in [9.17, 15) is 0 Å². The van der Waals surface area contributed by atoms with Gasteiger partial charge in [-0.3, -0.25) is 9.55 Å². The monoisotopic (exact) mass is 425 g/mol. The molecular formula is C24H19N5OS. The lowest BCUT2D eigenvalue weighted by Gasteiger charge is -2.12. The van der Waals surface area contributed by atoms with Crippen LogP contribution in [0, 0.1) is 6.92 Å². The van der Waals surface area contributed by atoms with Gasteiger partial charge in [-0.25, -0.2) is 0 Å². The molecule has 0 amide bonds. The molecule has 3 aromatic heterocycles. The molecule has 152 valence electrons. The Bertz CT molecular complexity index is 1300. The van der Waals surface area contributed by atoms with E-state index in [2.05, 4.69) is 44.0 Å². The third-order valence-electron chi connectivity index (χ3n) is 4.88. The predicted octanol–water partition coefficient (Wildman–Crippen LogP) is 5.59. The van der Waals surface area contributed by atoms with Gasteiger partial charge in [0.25, 0.3) is 0 Å². The zero-order chi connectivity index (χ0) is 21.0. The maximum absolute atomic E-state index is 5.56. The van der Waals surface area contributed by atoms with E-state index in [1.807, 2.05) is 60.7 Å². The number of nitrogens with zero attached hydrogens (tertiary/aromatic N) is 5. The van der Waals surface area contributed by atoms with Crippen LogP contribution in [0.2, 0.25) is 0 Å². The standard InChI is InChI=1S/C24H19N5OS/c1-17-8-5-6-12-22(17)29-23(19-11-7-13-25-15-19)26-27-24(29)31-16-20-14-21(28-30-20)18-9-3-2-4-10-18/h2-15H,16H2,1H3. The number of rotatable bonds is 6. The predicted molar refractivity (Wildman–Crippen MR) is 121 cm³/mol. The van der Waals surface area contributed by atoms with Crippen molar-refractivity contribution in [2.75, 3.05) is 0 Å². The minimum Gasteiger partial charge on any atom is -0.360 e.